The van der Waals surface area contributed by atoms with Crippen molar-refractivity contribution in [1.29, 1.82) is 0 Å². The van der Waals surface area contributed by atoms with Gasteiger partial charge in [0.25, 0.3) is 11.5 Å². The standard InChI is InChI=1S/C18H10FNO2/c19-14-7-3-6-13(8-14)17-18(21)15-9-11-4-1-2-5-12(11)10-16(15)20(17)22/h1-10H. The van der Waals surface area contributed by atoms with Crippen LogP contribution in [0, 0.1) is 11.0 Å². The van der Waals surface area contributed by atoms with Gasteiger partial charge in [-0.1, -0.05) is 30.3 Å². The molecule has 0 N–H and O–H groups in total. The summed E-state index contributed by atoms with van der Waals surface area (Å²) in [5, 5.41) is 14.3. The highest BCUT2D eigenvalue weighted by atomic mass is 19.1. The van der Waals surface area contributed by atoms with Gasteiger partial charge in [-0.3, -0.25) is 4.79 Å². The van der Waals surface area contributed by atoms with Crippen LogP contribution >= 0.6 is 0 Å². The van der Waals surface area contributed by atoms with Crippen molar-refractivity contribution in [3.63, 3.8) is 0 Å². The third-order valence-electron chi connectivity index (χ3n) is 3.84. The van der Waals surface area contributed by atoms with Crippen molar-refractivity contribution in [2.75, 3.05) is 0 Å². The topological polar surface area (TPSA) is 43.1 Å². The van der Waals surface area contributed by atoms with Crippen LogP contribution in [0.25, 0.3) is 10.8 Å². The van der Waals surface area contributed by atoms with Crippen LogP contribution < -0.4 is 0 Å². The van der Waals surface area contributed by atoms with E-state index >= 15 is 0 Å². The maximum atomic E-state index is 13.4. The average Bonchev–Trinajstić information content (AvgIpc) is 2.76. The van der Waals surface area contributed by atoms with Crippen molar-refractivity contribution in [3.05, 3.63) is 82.8 Å². The van der Waals surface area contributed by atoms with Crippen LogP contribution in [-0.2, 0) is 0 Å². The quantitative estimate of drug-likeness (QED) is 0.505. The fraction of sp³-hybridized carbons (Fsp3) is 0. The second-order valence-electron chi connectivity index (χ2n) is 5.20. The Kier molecular flexibility index (Phi) is 2.60. The summed E-state index contributed by atoms with van der Waals surface area (Å²) in [5.74, 6) is -0.853. The molecular weight excluding hydrogens is 281 g/mol. The molecular formula is C18H10FNO2. The summed E-state index contributed by atoms with van der Waals surface area (Å²) in [6.07, 6.45) is 0. The molecule has 0 spiro atoms. The molecule has 0 fully saturated rings. The summed E-state index contributed by atoms with van der Waals surface area (Å²) in [4.78, 5) is 12.6. The number of benzene rings is 3. The van der Waals surface area contributed by atoms with Crippen molar-refractivity contribution in [2.45, 2.75) is 0 Å². The number of ketones is 1. The van der Waals surface area contributed by atoms with Crippen LogP contribution in [-0.4, -0.2) is 16.2 Å². The molecule has 3 aromatic carbocycles. The van der Waals surface area contributed by atoms with Gasteiger partial charge < -0.3 is 5.21 Å². The fourth-order valence-corrected chi connectivity index (χ4v) is 2.80. The van der Waals surface area contributed by atoms with Crippen molar-refractivity contribution < 1.29 is 13.9 Å². The highest BCUT2D eigenvalue weighted by Gasteiger charge is 2.36. The number of carbonyl (C=O) groups excluding carboxylic acids is 1. The molecule has 106 valence electrons. The van der Waals surface area contributed by atoms with E-state index in [4.69, 9.17) is 0 Å². The second-order valence-corrected chi connectivity index (χ2v) is 5.20. The first-order chi connectivity index (χ1) is 10.6. The van der Waals surface area contributed by atoms with E-state index in [2.05, 4.69) is 0 Å². The Hall–Kier alpha value is -3.01. The Morgan fingerprint density at radius 1 is 0.909 bits per heavy atom. The predicted octanol–water partition coefficient (Wildman–Crippen LogP) is 3.81. The van der Waals surface area contributed by atoms with Gasteiger partial charge in [-0.15, -0.1) is 0 Å². The molecule has 3 aromatic rings. The van der Waals surface area contributed by atoms with Crippen LogP contribution in [0.2, 0.25) is 0 Å². The number of halogens is 1. The normalized spacial score (nSPS) is 13.8. The second kappa shape index (κ2) is 4.49. The van der Waals surface area contributed by atoms with Crippen LogP contribution in [0.3, 0.4) is 0 Å². The van der Waals surface area contributed by atoms with E-state index < -0.39 is 5.82 Å². The van der Waals surface area contributed by atoms with E-state index in [0.29, 0.717) is 21.6 Å². The lowest BCUT2D eigenvalue weighted by atomic mass is 10.00. The molecule has 1 aliphatic rings. The van der Waals surface area contributed by atoms with Gasteiger partial charge in [0.1, 0.15) is 11.4 Å². The summed E-state index contributed by atoms with van der Waals surface area (Å²) >= 11 is 0. The smallest absolute Gasteiger partial charge is 0.273 e. The van der Waals surface area contributed by atoms with Crippen LogP contribution in [0.15, 0.2) is 60.7 Å². The van der Waals surface area contributed by atoms with Gasteiger partial charge in [-0.2, -0.15) is 4.74 Å². The molecule has 0 aromatic heterocycles. The number of rotatable bonds is 1. The van der Waals surface area contributed by atoms with Crippen molar-refractivity contribution in [2.24, 2.45) is 0 Å². The molecule has 1 aliphatic heterocycles. The number of hydrogen-bond donors (Lipinski definition) is 0. The summed E-state index contributed by atoms with van der Waals surface area (Å²) in [6, 6.07) is 16.4. The first-order valence-electron chi connectivity index (χ1n) is 6.83. The zero-order valence-corrected chi connectivity index (χ0v) is 11.4. The summed E-state index contributed by atoms with van der Waals surface area (Å²) < 4.78 is 14.0. The Bertz CT molecular complexity index is 976. The van der Waals surface area contributed by atoms with Gasteiger partial charge in [0.2, 0.25) is 5.69 Å². The molecule has 3 nitrogen and oxygen atoms in total. The SMILES string of the molecule is O=C1C(c2cccc(F)c2)=[N+]([O-])c2cc3ccccc3cc21. The van der Waals surface area contributed by atoms with Crippen molar-refractivity contribution >= 4 is 28.0 Å². The lowest BCUT2D eigenvalue weighted by Gasteiger charge is -2.03. The molecule has 4 heteroatoms. The predicted molar refractivity (Wildman–Crippen MR) is 82.1 cm³/mol. The first-order valence-corrected chi connectivity index (χ1v) is 6.83. The number of Topliss-reactive ketones (excluding diaryl/α,β-unsaturated/α-hetero) is 1. The van der Waals surface area contributed by atoms with Crippen molar-refractivity contribution in [3.8, 4) is 0 Å². The Morgan fingerprint density at radius 2 is 1.64 bits per heavy atom. The van der Waals surface area contributed by atoms with E-state index in [1.165, 1.54) is 18.2 Å². The lowest BCUT2D eigenvalue weighted by Crippen LogP contribution is -2.16. The number of fused-ring (bicyclic) bond motifs is 2. The molecule has 22 heavy (non-hydrogen) atoms. The molecule has 0 atom stereocenters. The average molecular weight is 291 g/mol. The first kappa shape index (κ1) is 12.7. The van der Waals surface area contributed by atoms with E-state index in [9.17, 15) is 14.4 Å². The molecule has 0 aliphatic carbocycles. The van der Waals surface area contributed by atoms with Gasteiger partial charge in [0.15, 0.2) is 0 Å². The highest BCUT2D eigenvalue weighted by molar-refractivity contribution is 6.52. The molecule has 0 bridgehead atoms. The van der Waals surface area contributed by atoms with Gasteiger partial charge in [0.05, 0.1) is 5.56 Å². The summed E-state index contributed by atoms with van der Waals surface area (Å²) in [5.41, 5.74) is 0.918. The fourth-order valence-electron chi connectivity index (χ4n) is 2.80. The van der Waals surface area contributed by atoms with Crippen LogP contribution in [0.5, 0.6) is 0 Å². The Morgan fingerprint density at radius 3 is 2.36 bits per heavy atom. The molecule has 0 unspecified atom stereocenters. The summed E-state index contributed by atoms with van der Waals surface area (Å²) in [7, 11) is 0. The van der Waals surface area contributed by atoms with E-state index in [-0.39, 0.29) is 11.5 Å². The Labute approximate surface area is 125 Å². The van der Waals surface area contributed by atoms with Gasteiger partial charge in [-0.25, -0.2) is 4.39 Å². The molecule has 4 rings (SSSR count). The largest absolute Gasteiger partial charge is 0.618 e. The van der Waals surface area contributed by atoms with E-state index in [0.717, 1.165) is 10.8 Å². The molecule has 1 heterocycles. The molecule has 0 radical (unpaired) electrons. The zero-order valence-electron chi connectivity index (χ0n) is 11.4. The number of hydrogen-bond acceptors (Lipinski definition) is 2. The highest BCUT2D eigenvalue weighted by Crippen LogP contribution is 2.32. The van der Waals surface area contributed by atoms with Gasteiger partial charge in [-0.05, 0) is 35.0 Å². The lowest BCUT2D eigenvalue weighted by molar-refractivity contribution is -0.355. The number of nitrogens with zero attached hydrogens (tertiary/aromatic N) is 1. The van der Waals surface area contributed by atoms with Crippen LogP contribution in [0.4, 0.5) is 10.1 Å². The maximum absolute atomic E-state index is 13.4. The van der Waals surface area contributed by atoms with Gasteiger partial charge in [0, 0.05) is 6.07 Å². The number of carbonyl (C=O) groups is 1. The van der Waals surface area contributed by atoms with Crippen LogP contribution in [0.1, 0.15) is 15.9 Å². The molecule has 0 saturated carbocycles. The third kappa shape index (κ3) is 1.74. The molecule has 0 saturated heterocycles. The Balaban J connectivity index is 1.97. The zero-order chi connectivity index (χ0) is 15.3. The third-order valence-corrected chi connectivity index (χ3v) is 3.84. The van der Waals surface area contributed by atoms with Crippen molar-refractivity contribution in [1.82, 2.24) is 0 Å². The minimum atomic E-state index is -0.479. The minimum absolute atomic E-state index is 0.0372. The maximum Gasteiger partial charge on any atom is 0.273 e. The molecule has 0 amide bonds. The monoisotopic (exact) mass is 291 g/mol. The summed E-state index contributed by atoms with van der Waals surface area (Å²) in [6.45, 7) is 0. The van der Waals surface area contributed by atoms with E-state index in [1.807, 2.05) is 24.3 Å². The van der Waals surface area contributed by atoms with Gasteiger partial charge >= 0.3 is 0 Å². The van der Waals surface area contributed by atoms with E-state index in [1.54, 1.807) is 18.2 Å². The minimum Gasteiger partial charge on any atom is -0.618 e.